The second-order valence-corrected chi connectivity index (χ2v) is 7.06. The van der Waals surface area contributed by atoms with Crippen LogP contribution in [0.1, 0.15) is 38.5 Å². The van der Waals surface area contributed by atoms with Gasteiger partial charge in [0.2, 0.25) is 5.91 Å². The highest BCUT2D eigenvalue weighted by Gasteiger charge is 2.44. The Bertz CT molecular complexity index is 664. The molecule has 26 heavy (non-hydrogen) atoms. The van der Waals surface area contributed by atoms with Gasteiger partial charge in [-0.3, -0.25) is 19.8 Å². The second kappa shape index (κ2) is 8.31. The van der Waals surface area contributed by atoms with E-state index < -0.39 is 23.9 Å². The van der Waals surface area contributed by atoms with Crippen LogP contribution in [0.2, 0.25) is 0 Å². The molecule has 1 saturated carbocycles. The van der Waals surface area contributed by atoms with Gasteiger partial charge in [0.1, 0.15) is 6.04 Å². The number of nitrogens with one attached hydrogen (secondary N) is 2. The number of hydrogen-bond acceptors (Lipinski definition) is 4. The summed E-state index contributed by atoms with van der Waals surface area (Å²) in [6, 6.07) is 8.03. The minimum atomic E-state index is -0.818. The van der Waals surface area contributed by atoms with Crippen molar-refractivity contribution in [3.8, 4) is 0 Å². The second-order valence-electron chi connectivity index (χ2n) is 7.06. The fraction of sp³-hybridized carbons (Fsp3) is 0.526. The van der Waals surface area contributed by atoms with Crippen molar-refractivity contribution in [2.24, 2.45) is 5.92 Å². The van der Waals surface area contributed by atoms with E-state index in [0.717, 1.165) is 25.7 Å². The highest BCUT2D eigenvalue weighted by atomic mass is 16.4. The largest absolute Gasteiger partial charge is 0.480 e. The molecule has 3 rings (SSSR count). The number of anilines is 1. The minimum Gasteiger partial charge on any atom is -0.480 e. The van der Waals surface area contributed by atoms with Crippen molar-refractivity contribution in [2.45, 2.75) is 50.6 Å². The first-order valence-electron chi connectivity index (χ1n) is 9.19. The van der Waals surface area contributed by atoms with Gasteiger partial charge in [-0.15, -0.1) is 0 Å². The number of carbonyl (C=O) groups excluding carboxylic acids is 2. The monoisotopic (exact) mass is 359 g/mol. The van der Waals surface area contributed by atoms with Gasteiger partial charge in [0, 0.05) is 24.7 Å². The molecule has 1 aromatic carbocycles. The molecule has 3 atom stereocenters. The van der Waals surface area contributed by atoms with E-state index in [9.17, 15) is 19.5 Å². The van der Waals surface area contributed by atoms with Crippen LogP contribution in [0.4, 0.5) is 10.5 Å². The maximum atomic E-state index is 12.1. The Kier molecular flexibility index (Phi) is 5.88. The number of carboxylic acid groups (broad SMARTS) is 1. The van der Waals surface area contributed by atoms with E-state index in [1.54, 1.807) is 24.3 Å². The number of aliphatic carboxylic acids is 1. The van der Waals surface area contributed by atoms with Crippen molar-refractivity contribution in [2.75, 3.05) is 11.9 Å². The molecule has 1 aliphatic heterocycles. The molecule has 3 amide bonds. The van der Waals surface area contributed by atoms with Crippen molar-refractivity contribution in [1.29, 1.82) is 0 Å². The number of fused-ring (bicyclic) bond motifs is 1. The molecule has 3 N–H and O–H groups in total. The smallest absolute Gasteiger partial charge is 0.325 e. The maximum absolute atomic E-state index is 12.1. The standard InChI is InChI=1S/C19H25N3O4/c23-17(21-19(26)20-14-7-2-1-3-8-14)10-11-22-15-9-5-4-6-13(15)12-16(22)18(24)25/h1-3,7-8,13,15-16H,4-6,9-12H2,(H,24,25)(H2,20,21,23,26). The van der Waals surface area contributed by atoms with Gasteiger partial charge in [-0.25, -0.2) is 4.79 Å². The average Bonchev–Trinajstić information content (AvgIpc) is 2.99. The van der Waals surface area contributed by atoms with Crippen LogP contribution in [0.3, 0.4) is 0 Å². The van der Waals surface area contributed by atoms with Gasteiger partial charge in [0.25, 0.3) is 0 Å². The van der Waals surface area contributed by atoms with E-state index >= 15 is 0 Å². The molecule has 1 aromatic rings. The molecule has 0 aromatic heterocycles. The Morgan fingerprint density at radius 3 is 2.58 bits per heavy atom. The number of carbonyl (C=O) groups is 3. The molecule has 1 heterocycles. The van der Waals surface area contributed by atoms with Gasteiger partial charge in [-0.2, -0.15) is 0 Å². The SMILES string of the molecule is O=C(CCN1C(C(=O)O)CC2CCCCC21)NC(=O)Nc1ccccc1. The molecule has 3 unspecified atom stereocenters. The number of para-hydroxylation sites is 1. The maximum Gasteiger partial charge on any atom is 0.325 e. The van der Waals surface area contributed by atoms with Gasteiger partial charge >= 0.3 is 12.0 Å². The summed E-state index contributed by atoms with van der Waals surface area (Å²) in [6.07, 6.45) is 5.09. The van der Waals surface area contributed by atoms with Gasteiger partial charge in [-0.1, -0.05) is 31.0 Å². The molecular weight excluding hydrogens is 334 g/mol. The predicted octanol–water partition coefficient (Wildman–Crippen LogP) is 2.44. The van der Waals surface area contributed by atoms with Crippen LogP contribution in [0, 0.1) is 5.92 Å². The van der Waals surface area contributed by atoms with Gasteiger partial charge in [0.05, 0.1) is 0 Å². The molecule has 1 aliphatic carbocycles. The summed E-state index contributed by atoms with van der Waals surface area (Å²) in [4.78, 5) is 37.5. The summed E-state index contributed by atoms with van der Waals surface area (Å²) in [7, 11) is 0. The van der Waals surface area contributed by atoms with Crippen molar-refractivity contribution >= 4 is 23.6 Å². The lowest BCUT2D eigenvalue weighted by molar-refractivity contribution is -0.143. The molecule has 7 heteroatoms. The summed E-state index contributed by atoms with van der Waals surface area (Å²) >= 11 is 0. The van der Waals surface area contributed by atoms with Gasteiger partial charge < -0.3 is 10.4 Å². The van der Waals surface area contributed by atoms with Gasteiger partial charge in [-0.05, 0) is 37.3 Å². The topological polar surface area (TPSA) is 98.7 Å². The molecule has 7 nitrogen and oxygen atoms in total. The van der Waals surface area contributed by atoms with E-state index in [2.05, 4.69) is 10.6 Å². The first-order chi connectivity index (χ1) is 12.5. The molecule has 2 aliphatic rings. The lowest BCUT2D eigenvalue weighted by atomic mass is 9.85. The predicted molar refractivity (Wildman–Crippen MR) is 96.7 cm³/mol. The lowest BCUT2D eigenvalue weighted by Crippen LogP contribution is -2.44. The zero-order valence-corrected chi connectivity index (χ0v) is 14.7. The van der Waals surface area contributed by atoms with Crippen LogP contribution in [0.5, 0.6) is 0 Å². The van der Waals surface area contributed by atoms with Crippen LogP contribution in [0.25, 0.3) is 0 Å². The Hall–Kier alpha value is -2.41. The highest BCUT2D eigenvalue weighted by Crippen LogP contribution is 2.39. The van der Waals surface area contributed by atoms with E-state index in [-0.39, 0.29) is 12.5 Å². The third-order valence-electron chi connectivity index (χ3n) is 5.39. The minimum absolute atomic E-state index is 0.106. The fourth-order valence-corrected chi connectivity index (χ4v) is 4.22. The molecule has 140 valence electrons. The van der Waals surface area contributed by atoms with E-state index in [1.165, 1.54) is 0 Å². The number of imide groups is 1. The highest BCUT2D eigenvalue weighted by molar-refractivity contribution is 6.01. The Labute approximate surface area is 152 Å². The number of carboxylic acids is 1. The van der Waals surface area contributed by atoms with E-state index in [1.807, 2.05) is 11.0 Å². The first-order valence-corrected chi connectivity index (χ1v) is 9.19. The van der Waals surface area contributed by atoms with Crippen molar-refractivity contribution < 1.29 is 19.5 Å². The average molecular weight is 359 g/mol. The summed E-state index contributed by atoms with van der Waals surface area (Å²) in [5.41, 5.74) is 0.605. The normalized spacial score (nSPS) is 25.3. The lowest BCUT2D eigenvalue weighted by Gasteiger charge is -2.32. The fourth-order valence-electron chi connectivity index (χ4n) is 4.22. The third kappa shape index (κ3) is 4.40. The molecule has 0 bridgehead atoms. The van der Waals surface area contributed by atoms with Crippen molar-refractivity contribution in [1.82, 2.24) is 10.2 Å². The Balaban J connectivity index is 1.51. The number of likely N-dealkylation sites (tertiary alicyclic amines) is 1. The number of benzene rings is 1. The summed E-state index contributed by atoms with van der Waals surface area (Å²) in [5, 5.41) is 14.4. The number of urea groups is 1. The quantitative estimate of drug-likeness (QED) is 0.750. The number of amides is 3. The van der Waals surface area contributed by atoms with Gasteiger partial charge in [0.15, 0.2) is 0 Å². The molecule has 0 radical (unpaired) electrons. The number of hydrogen-bond donors (Lipinski definition) is 3. The zero-order valence-electron chi connectivity index (χ0n) is 14.7. The molecule has 2 fully saturated rings. The molecule has 0 spiro atoms. The van der Waals surface area contributed by atoms with E-state index in [4.69, 9.17) is 0 Å². The van der Waals surface area contributed by atoms with Crippen LogP contribution in [-0.4, -0.2) is 46.5 Å². The zero-order chi connectivity index (χ0) is 18.5. The van der Waals surface area contributed by atoms with Crippen LogP contribution < -0.4 is 10.6 Å². The van der Waals surface area contributed by atoms with E-state index in [0.29, 0.717) is 24.6 Å². The van der Waals surface area contributed by atoms with Crippen LogP contribution in [-0.2, 0) is 9.59 Å². The van der Waals surface area contributed by atoms with Crippen LogP contribution in [0.15, 0.2) is 30.3 Å². The summed E-state index contributed by atoms with van der Waals surface area (Å²) in [5.74, 6) is -0.808. The molecule has 1 saturated heterocycles. The van der Waals surface area contributed by atoms with Crippen molar-refractivity contribution in [3.63, 3.8) is 0 Å². The van der Waals surface area contributed by atoms with Crippen molar-refractivity contribution in [3.05, 3.63) is 30.3 Å². The third-order valence-corrected chi connectivity index (χ3v) is 5.39. The van der Waals surface area contributed by atoms with Crippen LogP contribution >= 0.6 is 0 Å². The summed E-state index contributed by atoms with van der Waals surface area (Å²) < 4.78 is 0. The molecular formula is C19H25N3O4. The Morgan fingerprint density at radius 1 is 1.12 bits per heavy atom. The first kappa shape index (κ1) is 18.4. The number of rotatable bonds is 5. The Morgan fingerprint density at radius 2 is 1.85 bits per heavy atom. The summed E-state index contributed by atoms with van der Waals surface area (Å²) in [6.45, 7) is 0.364. The number of nitrogens with zero attached hydrogens (tertiary/aromatic N) is 1.